The Hall–Kier alpha value is -0.940. The molecule has 0 aliphatic carbocycles. The van der Waals surface area contributed by atoms with E-state index in [-0.39, 0.29) is 0 Å². The Morgan fingerprint density at radius 2 is 1.90 bits per heavy atom. The minimum Gasteiger partial charge on any atom is -0.407 e. The summed E-state index contributed by atoms with van der Waals surface area (Å²) in [6.07, 6.45) is 2.43. The van der Waals surface area contributed by atoms with Crippen molar-refractivity contribution in [1.29, 1.82) is 0 Å². The normalized spacial score (nSPS) is 7.70. The van der Waals surface area contributed by atoms with Gasteiger partial charge in [0.05, 0.1) is 0 Å². The van der Waals surface area contributed by atoms with Crippen LogP contribution in [-0.4, -0.2) is 0 Å². The summed E-state index contributed by atoms with van der Waals surface area (Å²) in [6.45, 7) is 0. The van der Waals surface area contributed by atoms with Crippen molar-refractivity contribution in [2.45, 2.75) is 0 Å². The third kappa shape index (κ3) is 2.12. The van der Waals surface area contributed by atoms with E-state index in [1.165, 1.54) is 0 Å². The van der Waals surface area contributed by atoms with Crippen LogP contribution in [0.3, 0.4) is 0 Å². The first-order chi connectivity index (χ1) is 4.93. The van der Waals surface area contributed by atoms with Crippen LogP contribution >= 0.6 is 15.9 Å². The van der Waals surface area contributed by atoms with E-state index in [4.69, 9.17) is 4.74 Å². The fraction of sp³-hybridized carbons (Fsp3) is 0. The molecule has 0 saturated carbocycles. The Morgan fingerprint density at radius 1 is 1.20 bits per heavy atom. The second kappa shape index (κ2) is 3.97. The molecule has 0 aliphatic rings. The van der Waals surface area contributed by atoms with Gasteiger partial charge in [-0.05, 0) is 12.1 Å². The van der Waals surface area contributed by atoms with Crippen LogP contribution < -0.4 is 4.74 Å². The van der Waals surface area contributed by atoms with Crippen molar-refractivity contribution in [3.8, 4) is 16.7 Å². The maximum atomic E-state index is 4.95. The summed E-state index contributed by atoms with van der Waals surface area (Å²) < 4.78 is 4.95. The summed E-state index contributed by atoms with van der Waals surface area (Å²) in [4.78, 5) is 2.46. The summed E-state index contributed by atoms with van der Waals surface area (Å²) in [7, 11) is 0. The van der Waals surface area contributed by atoms with E-state index in [2.05, 4.69) is 26.9 Å². The van der Waals surface area contributed by atoms with Crippen molar-refractivity contribution in [2.24, 2.45) is 0 Å². The van der Waals surface area contributed by atoms with Gasteiger partial charge in [-0.15, -0.1) is 0 Å². The smallest absolute Gasteiger partial charge is 0.140 e. The topological polar surface area (TPSA) is 9.23 Å². The van der Waals surface area contributed by atoms with E-state index >= 15 is 0 Å². The summed E-state index contributed by atoms with van der Waals surface area (Å²) in [5, 5.41) is 0. The molecule has 0 radical (unpaired) electrons. The molecule has 0 bridgehead atoms. The van der Waals surface area contributed by atoms with Gasteiger partial charge in [-0.3, -0.25) is 0 Å². The maximum absolute atomic E-state index is 4.95. The van der Waals surface area contributed by atoms with Crippen LogP contribution in [-0.2, 0) is 0 Å². The highest BCUT2D eigenvalue weighted by atomic mass is 79.9. The van der Waals surface area contributed by atoms with Crippen LogP contribution in [0.1, 0.15) is 0 Å². The molecule has 0 heterocycles. The predicted octanol–water partition coefficient (Wildman–Crippen LogP) is 2.38. The lowest BCUT2D eigenvalue weighted by Gasteiger charge is -1.92. The SMILES string of the molecule is BrC#COc1ccccc1. The Kier molecular flexibility index (Phi) is 2.85. The lowest BCUT2D eigenvalue weighted by molar-refractivity contribution is 0.520. The van der Waals surface area contributed by atoms with E-state index in [9.17, 15) is 0 Å². The zero-order valence-corrected chi connectivity index (χ0v) is 6.76. The summed E-state index contributed by atoms with van der Waals surface area (Å²) in [5.74, 6) is 0.759. The van der Waals surface area contributed by atoms with Crippen LogP contribution in [0.2, 0.25) is 0 Å². The van der Waals surface area contributed by atoms with Gasteiger partial charge >= 0.3 is 0 Å². The minimum absolute atomic E-state index is 0.759. The molecule has 2 heteroatoms. The second-order valence-electron chi connectivity index (χ2n) is 1.61. The van der Waals surface area contributed by atoms with Crippen molar-refractivity contribution in [3.05, 3.63) is 30.3 Å². The summed E-state index contributed by atoms with van der Waals surface area (Å²) in [6, 6.07) is 9.40. The van der Waals surface area contributed by atoms with Crippen molar-refractivity contribution < 1.29 is 4.74 Å². The third-order valence-electron chi connectivity index (χ3n) is 0.951. The van der Waals surface area contributed by atoms with Gasteiger partial charge in [0.1, 0.15) is 11.9 Å². The zero-order chi connectivity index (χ0) is 7.23. The van der Waals surface area contributed by atoms with Crippen LogP contribution in [0.25, 0.3) is 0 Å². The molecule has 0 amide bonds. The molecule has 0 unspecified atom stereocenters. The second-order valence-corrected chi connectivity index (χ2v) is 2.01. The largest absolute Gasteiger partial charge is 0.407 e. The van der Waals surface area contributed by atoms with Gasteiger partial charge in [0.25, 0.3) is 0 Å². The number of benzene rings is 1. The van der Waals surface area contributed by atoms with Gasteiger partial charge in [-0.25, -0.2) is 0 Å². The first kappa shape index (κ1) is 7.17. The number of hydrogen-bond acceptors (Lipinski definition) is 1. The maximum Gasteiger partial charge on any atom is 0.140 e. The van der Waals surface area contributed by atoms with E-state index < -0.39 is 0 Å². The molecule has 1 nitrogen and oxygen atoms in total. The molecule has 0 atom stereocenters. The van der Waals surface area contributed by atoms with Crippen LogP contribution in [0.4, 0.5) is 0 Å². The first-order valence-electron chi connectivity index (χ1n) is 2.76. The van der Waals surface area contributed by atoms with E-state index in [1.807, 2.05) is 30.3 Å². The Bertz CT molecular complexity index is 245. The van der Waals surface area contributed by atoms with E-state index in [0.29, 0.717) is 0 Å². The first-order valence-corrected chi connectivity index (χ1v) is 3.55. The van der Waals surface area contributed by atoms with Gasteiger partial charge < -0.3 is 4.74 Å². The highest BCUT2D eigenvalue weighted by molar-refractivity contribution is 9.12. The monoisotopic (exact) mass is 196 g/mol. The van der Waals surface area contributed by atoms with Gasteiger partial charge in [0.2, 0.25) is 0 Å². The van der Waals surface area contributed by atoms with E-state index in [0.717, 1.165) is 5.75 Å². The fourth-order valence-corrected chi connectivity index (χ4v) is 0.648. The number of ether oxygens (including phenoxy) is 1. The molecular weight excluding hydrogens is 192 g/mol. The third-order valence-corrected chi connectivity index (χ3v) is 1.11. The average molecular weight is 197 g/mol. The Morgan fingerprint density at radius 3 is 2.50 bits per heavy atom. The number of para-hydroxylation sites is 1. The highest BCUT2D eigenvalue weighted by Crippen LogP contribution is 2.06. The molecule has 0 N–H and O–H groups in total. The Balaban J connectivity index is 2.64. The Labute approximate surface area is 68.1 Å². The quantitative estimate of drug-likeness (QED) is 0.628. The van der Waals surface area contributed by atoms with Crippen molar-refractivity contribution >= 4 is 15.9 Å². The average Bonchev–Trinajstić information content (AvgIpc) is 2.03. The molecule has 0 aliphatic heterocycles. The molecule has 50 valence electrons. The van der Waals surface area contributed by atoms with Gasteiger partial charge in [-0.1, -0.05) is 18.2 Å². The molecule has 0 saturated heterocycles. The molecule has 1 aromatic rings. The molecular formula is C8H5BrO. The zero-order valence-electron chi connectivity index (χ0n) is 5.17. The predicted molar refractivity (Wildman–Crippen MR) is 43.8 cm³/mol. The fourth-order valence-electron chi connectivity index (χ4n) is 0.567. The summed E-state index contributed by atoms with van der Waals surface area (Å²) >= 11 is 2.92. The van der Waals surface area contributed by atoms with Gasteiger partial charge in [-0.2, -0.15) is 0 Å². The van der Waals surface area contributed by atoms with Crippen LogP contribution in [0, 0.1) is 10.9 Å². The molecule has 0 aromatic heterocycles. The molecule has 1 rings (SSSR count). The highest BCUT2D eigenvalue weighted by Gasteiger charge is 1.83. The molecule has 10 heavy (non-hydrogen) atoms. The molecule has 0 spiro atoms. The standard InChI is InChI=1S/C8H5BrO/c9-6-7-10-8-4-2-1-3-5-8/h1-5H. The number of halogens is 1. The van der Waals surface area contributed by atoms with Gasteiger partial charge in [0, 0.05) is 20.8 Å². The molecule has 0 fully saturated rings. The van der Waals surface area contributed by atoms with Gasteiger partial charge in [0.15, 0.2) is 0 Å². The number of hydrogen-bond donors (Lipinski definition) is 0. The van der Waals surface area contributed by atoms with Crippen LogP contribution in [0.15, 0.2) is 30.3 Å². The lowest BCUT2D eigenvalue weighted by atomic mass is 10.3. The summed E-state index contributed by atoms with van der Waals surface area (Å²) in [5.41, 5.74) is 0. The van der Waals surface area contributed by atoms with E-state index in [1.54, 1.807) is 0 Å². The van der Waals surface area contributed by atoms with Crippen molar-refractivity contribution in [1.82, 2.24) is 0 Å². The minimum atomic E-state index is 0.759. The lowest BCUT2D eigenvalue weighted by Crippen LogP contribution is -1.78. The van der Waals surface area contributed by atoms with Crippen molar-refractivity contribution in [2.75, 3.05) is 0 Å². The van der Waals surface area contributed by atoms with Crippen LogP contribution in [0.5, 0.6) is 5.75 Å². The number of rotatable bonds is 1. The van der Waals surface area contributed by atoms with Crippen molar-refractivity contribution in [3.63, 3.8) is 0 Å². The molecule has 1 aromatic carbocycles.